The lowest BCUT2D eigenvalue weighted by atomic mass is 10.0. The van der Waals surface area contributed by atoms with Gasteiger partial charge >= 0.3 is 0 Å². The lowest BCUT2D eigenvalue weighted by Crippen LogP contribution is -2.46. The Morgan fingerprint density at radius 3 is 2.52 bits per heavy atom. The fourth-order valence-electron chi connectivity index (χ4n) is 5.28. The van der Waals surface area contributed by atoms with Crippen LogP contribution in [0, 0.1) is 0 Å². The van der Waals surface area contributed by atoms with Crippen LogP contribution in [0.5, 0.6) is 5.75 Å². The zero-order valence-corrected chi connectivity index (χ0v) is 26.7. The highest BCUT2D eigenvalue weighted by molar-refractivity contribution is 7.17. The molecular weight excluding hydrogens is 535 g/mol. The normalized spacial score (nSPS) is 17.0. The van der Waals surface area contributed by atoms with Crippen LogP contribution in [0.4, 0.5) is 11.4 Å². The number of aryl methyl sites for hydroxylation is 1. The van der Waals surface area contributed by atoms with Crippen molar-refractivity contribution in [2.45, 2.75) is 64.6 Å². The Labute approximate surface area is 245 Å². The minimum absolute atomic E-state index is 0.103. The number of unbranched alkanes of at least 4 members (excludes halogenated alkanes) is 1. The first-order chi connectivity index (χ1) is 19.1. The summed E-state index contributed by atoms with van der Waals surface area (Å²) in [6, 6.07) is 15.1. The van der Waals surface area contributed by atoms with E-state index in [0.717, 1.165) is 63.4 Å². The zero-order valence-electron chi connectivity index (χ0n) is 24.9. The van der Waals surface area contributed by atoms with Gasteiger partial charge in [-0.25, -0.2) is 0 Å². The second kappa shape index (κ2) is 12.2. The van der Waals surface area contributed by atoms with Crippen LogP contribution in [0.2, 0.25) is 18.1 Å². The van der Waals surface area contributed by atoms with E-state index in [4.69, 9.17) is 9.16 Å². The van der Waals surface area contributed by atoms with Crippen molar-refractivity contribution in [2.75, 3.05) is 55.9 Å². The quantitative estimate of drug-likeness (QED) is 0.189. The van der Waals surface area contributed by atoms with Gasteiger partial charge in [-0.2, -0.15) is 0 Å². The predicted molar refractivity (Wildman–Crippen MR) is 171 cm³/mol. The van der Waals surface area contributed by atoms with E-state index in [2.05, 4.69) is 85.4 Å². The monoisotopic (exact) mass is 579 g/mol. The molecule has 0 bridgehead atoms. The van der Waals surface area contributed by atoms with Gasteiger partial charge in [0.15, 0.2) is 8.32 Å². The van der Waals surface area contributed by atoms with Crippen LogP contribution in [0.1, 0.15) is 45.6 Å². The number of ether oxygens (including phenoxy) is 1. The Bertz CT molecular complexity index is 1310. The van der Waals surface area contributed by atoms with Crippen molar-refractivity contribution >= 4 is 47.0 Å². The van der Waals surface area contributed by atoms with E-state index in [1.54, 1.807) is 0 Å². The smallest absolute Gasteiger partial charge is 0.229 e. The summed E-state index contributed by atoms with van der Waals surface area (Å²) in [5.74, 6) is 0.970. The Hall–Kier alpha value is -2.39. The molecule has 1 aromatic heterocycles. The molecule has 1 amide bonds. The zero-order chi connectivity index (χ0) is 28.3. The first-order valence-corrected chi connectivity index (χ1v) is 18.5. The van der Waals surface area contributed by atoms with Gasteiger partial charge in [0.05, 0.1) is 12.3 Å². The van der Waals surface area contributed by atoms with Gasteiger partial charge in [0.1, 0.15) is 12.5 Å². The average Bonchev–Trinajstić information content (AvgIpc) is 3.41. The van der Waals surface area contributed by atoms with Crippen LogP contribution >= 0.6 is 11.3 Å². The molecule has 3 aromatic rings. The lowest BCUT2D eigenvalue weighted by Gasteiger charge is -2.39. The fourth-order valence-corrected chi connectivity index (χ4v) is 6.98. The second-order valence-corrected chi connectivity index (χ2v) is 18.4. The summed E-state index contributed by atoms with van der Waals surface area (Å²) < 4.78 is 13.9. The highest BCUT2D eigenvalue weighted by Gasteiger charge is 2.38. The van der Waals surface area contributed by atoms with Crippen molar-refractivity contribution in [1.29, 1.82) is 0 Å². The molecule has 0 radical (unpaired) electrons. The minimum Gasteiger partial charge on any atom is -0.494 e. The van der Waals surface area contributed by atoms with Gasteiger partial charge < -0.3 is 14.1 Å². The highest BCUT2D eigenvalue weighted by Crippen LogP contribution is 2.38. The molecule has 0 unspecified atom stereocenters. The first kappa shape index (κ1) is 29.1. The van der Waals surface area contributed by atoms with E-state index in [1.807, 2.05) is 22.3 Å². The van der Waals surface area contributed by atoms with Crippen molar-refractivity contribution < 1.29 is 14.0 Å². The number of piperazine rings is 1. The fraction of sp³-hybridized carbons (Fsp3) is 0.531. The van der Waals surface area contributed by atoms with Crippen molar-refractivity contribution in [3.63, 3.8) is 0 Å². The van der Waals surface area contributed by atoms with Gasteiger partial charge in [-0.15, -0.1) is 11.3 Å². The maximum Gasteiger partial charge on any atom is 0.229 e. The summed E-state index contributed by atoms with van der Waals surface area (Å²) in [5, 5.41) is 3.68. The SMILES string of the molecule is CC(C)(C)[Si](C)(C)OCN1C(=O)CCc2ccc(OCCCCN3CCN(c4cccc5sccc45)CC3)cc21. The number of thiophene rings is 1. The largest absolute Gasteiger partial charge is 0.494 e. The number of hydrogen-bond acceptors (Lipinski definition) is 6. The summed E-state index contributed by atoms with van der Waals surface area (Å²) in [7, 11) is -1.96. The molecular formula is C32H45N3O3SSi. The van der Waals surface area contributed by atoms with Crippen molar-refractivity contribution in [3.05, 3.63) is 53.4 Å². The molecule has 2 aromatic carbocycles. The Balaban J connectivity index is 1.07. The standard InChI is InChI=1S/C32H45N3O3SSi/c1-32(2,3)40(4,5)38-24-35-29-23-26(13-11-25(29)12-14-31(35)36)37-21-7-6-16-33-17-19-34(20-18-33)28-9-8-10-30-27(28)15-22-39-30/h8-11,13,15,22-23H,6-7,12,14,16-21,24H2,1-5H3. The highest BCUT2D eigenvalue weighted by atomic mass is 32.1. The molecule has 1 saturated heterocycles. The van der Waals surface area contributed by atoms with Gasteiger partial charge in [-0.3, -0.25) is 14.6 Å². The van der Waals surface area contributed by atoms with E-state index in [-0.39, 0.29) is 10.9 Å². The second-order valence-electron chi connectivity index (χ2n) is 12.6. The molecule has 40 heavy (non-hydrogen) atoms. The van der Waals surface area contributed by atoms with Crippen molar-refractivity contribution in [1.82, 2.24) is 4.90 Å². The van der Waals surface area contributed by atoms with E-state index < -0.39 is 8.32 Å². The third-order valence-electron chi connectivity index (χ3n) is 8.94. The minimum atomic E-state index is -1.96. The summed E-state index contributed by atoms with van der Waals surface area (Å²) in [6.45, 7) is 17.6. The molecule has 6 nitrogen and oxygen atoms in total. The van der Waals surface area contributed by atoms with E-state index in [1.165, 1.54) is 21.3 Å². The lowest BCUT2D eigenvalue weighted by molar-refractivity contribution is -0.119. The Kier molecular flexibility index (Phi) is 8.90. The van der Waals surface area contributed by atoms with E-state index in [9.17, 15) is 4.79 Å². The van der Waals surface area contributed by atoms with Gasteiger partial charge in [0, 0.05) is 54.4 Å². The molecule has 3 heterocycles. The average molecular weight is 580 g/mol. The summed E-state index contributed by atoms with van der Waals surface area (Å²) >= 11 is 1.82. The molecule has 2 aliphatic heterocycles. The molecule has 0 saturated carbocycles. The van der Waals surface area contributed by atoms with Gasteiger partial charge in [-0.1, -0.05) is 32.9 Å². The van der Waals surface area contributed by atoms with Crippen molar-refractivity contribution in [2.24, 2.45) is 0 Å². The molecule has 2 aliphatic rings. The number of benzene rings is 2. The van der Waals surface area contributed by atoms with Crippen LogP contribution in [-0.4, -0.2) is 65.2 Å². The third kappa shape index (κ3) is 6.56. The molecule has 8 heteroatoms. The number of rotatable bonds is 10. The number of anilines is 2. The Morgan fingerprint density at radius 2 is 1.75 bits per heavy atom. The number of nitrogens with zero attached hydrogens (tertiary/aromatic N) is 3. The van der Waals surface area contributed by atoms with E-state index in [0.29, 0.717) is 19.8 Å². The van der Waals surface area contributed by atoms with Crippen LogP contribution < -0.4 is 14.5 Å². The topological polar surface area (TPSA) is 45.2 Å². The summed E-state index contributed by atoms with van der Waals surface area (Å²) in [4.78, 5) is 19.8. The third-order valence-corrected chi connectivity index (χ3v) is 14.3. The van der Waals surface area contributed by atoms with Gasteiger partial charge in [0.25, 0.3) is 0 Å². The Morgan fingerprint density at radius 1 is 0.950 bits per heavy atom. The molecule has 5 rings (SSSR count). The number of carbonyl (C=O) groups is 1. The van der Waals surface area contributed by atoms with E-state index >= 15 is 0 Å². The maximum atomic E-state index is 12.8. The molecule has 1 fully saturated rings. The number of amides is 1. The van der Waals surface area contributed by atoms with Crippen molar-refractivity contribution in [3.8, 4) is 5.75 Å². The molecule has 216 valence electrons. The molecule has 0 spiro atoms. The summed E-state index contributed by atoms with van der Waals surface area (Å²) in [6.07, 6.45) is 3.45. The maximum absolute atomic E-state index is 12.8. The molecule has 0 atom stereocenters. The van der Waals surface area contributed by atoms with Crippen LogP contribution in [0.3, 0.4) is 0 Å². The number of fused-ring (bicyclic) bond motifs is 2. The summed E-state index contributed by atoms with van der Waals surface area (Å²) in [5.41, 5.74) is 3.52. The number of carbonyl (C=O) groups excluding carboxylic acids is 1. The predicted octanol–water partition coefficient (Wildman–Crippen LogP) is 7.14. The van der Waals surface area contributed by atoms with Gasteiger partial charge in [0.2, 0.25) is 5.91 Å². The first-order valence-electron chi connectivity index (χ1n) is 14.8. The van der Waals surface area contributed by atoms with Crippen LogP contribution in [0.25, 0.3) is 10.1 Å². The molecule has 0 N–H and O–H groups in total. The van der Waals surface area contributed by atoms with Crippen LogP contribution in [0.15, 0.2) is 47.8 Å². The van der Waals surface area contributed by atoms with Crippen LogP contribution in [-0.2, 0) is 15.6 Å². The molecule has 0 aliphatic carbocycles. The number of hydrogen-bond donors (Lipinski definition) is 0. The van der Waals surface area contributed by atoms with Gasteiger partial charge in [-0.05, 0) is 79.1 Å².